The summed E-state index contributed by atoms with van der Waals surface area (Å²) in [6.45, 7) is 0. The van der Waals surface area contributed by atoms with Gasteiger partial charge in [-0.2, -0.15) is 0 Å². The molecule has 0 bridgehead atoms. The summed E-state index contributed by atoms with van der Waals surface area (Å²) < 4.78 is 0. The molecule has 4 N–H and O–H groups in total. The summed E-state index contributed by atoms with van der Waals surface area (Å²) in [6.07, 6.45) is 0. The summed E-state index contributed by atoms with van der Waals surface area (Å²) in [6, 6.07) is 0. The zero-order chi connectivity index (χ0) is 0. The van der Waals surface area contributed by atoms with E-state index in [4.69, 9.17) is 0 Å². The molecule has 0 unspecified atom stereocenters. The van der Waals surface area contributed by atoms with Crippen LogP contribution in [0.3, 0.4) is 0 Å². The van der Waals surface area contributed by atoms with Gasteiger partial charge in [0.15, 0.2) is 0 Å². The van der Waals surface area contributed by atoms with E-state index in [-0.39, 0.29) is 84.6 Å². The van der Waals surface area contributed by atoms with Crippen molar-refractivity contribution in [3.05, 3.63) is 0 Å². The number of halogens is 1. The van der Waals surface area contributed by atoms with Gasteiger partial charge in [-0.15, -0.1) is 0 Å². The third-order valence-corrected chi connectivity index (χ3v) is 0. The molecule has 24 valence electrons. The second-order valence-corrected chi connectivity index (χ2v) is 0. The maximum absolute atomic E-state index is 0. The summed E-state index contributed by atoms with van der Waals surface area (Å²) in [7, 11) is 0. The molecule has 0 aromatic carbocycles. The van der Waals surface area contributed by atoms with Gasteiger partial charge in [0.2, 0.25) is 0 Å². The van der Waals surface area contributed by atoms with Crippen molar-refractivity contribution >= 4 is 0 Å². The van der Waals surface area contributed by atoms with Gasteiger partial charge in [0.05, 0.1) is 0 Å². The van der Waals surface area contributed by atoms with Crippen LogP contribution in [0, 0.1) is 0 Å². The third-order valence-electron chi connectivity index (χ3n) is 0. The number of rotatable bonds is 0. The van der Waals surface area contributed by atoms with Crippen LogP contribution in [0.15, 0.2) is 0 Å². The van der Waals surface area contributed by atoms with E-state index >= 15 is 0 Å². The monoisotopic (exact) mass is 188 g/mol. The molecule has 0 saturated carbocycles. The molecule has 0 fully saturated rings. The van der Waals surface area contributed by atoms with E-state index in [0.29, 0.717) is 0 Å². The Hall–Kier alpha value is 1.90. The minimum atomic E-state index is 0. The van der Waals surface area contributed by atoms with Crippen LogP contribution in [-0.4, -0.2) is 11.0 Å². The Labute approximate surface area is 82.4 Å². The quantitative estimate of drug-likeness (QED) is 0.362. The van der Waals surface area contributed by atoms with Crippen molar-refractivity contribution in [2.24, 2.45) is 0 Å². The largest absolute Gasteiger partial charge is 1.00 e. The predicted octanol–water partition coefficient (Wildman–Crippen LogP) is -7.64. The Kier molecular flexibility index (Phi) is 202. The zero-order valence-electron chi connectivity index (χ0n) is 2.38. The van der Waals surface area contributed by atoms with Crippen molar-refractivity contribution in [1.82, 2.24) is 0 Å². The average molecular weight is 188 g/mol. The van der Waals surface area contributed by atoms with Gasteiger partial charge in [-0.25, -0.2) is 0 Å². The maximum Gasteiger partial charge on any atom is 1.00 e. The topological polar surface area (TPSA) is 63.0 Å². The summed E-state index contributed by atoms with van der Waals surface area (Å²) in [4.78, 5) is 0. The fourth-order valence-corrected chi connectivity index (χ4v) is 0. The van der Waals surface area contributed by atoms with Gasteiger partial charge in [0.1, 0.15) is 0 Å². The average Bonchev–Trinajstić information content (AvgIpc) is 0. The molecule has 0 aliphatic heterocycles. The molecule has 4 heavy (non-hydrogen) atoms. The molecule has 0 rings (SSSR count). The number of hydrogen-bond acceptors (Lipinski definition) is 0. The van der Waals surface area contributed by atoms with E-state index in [0.717, 1.165) is 0 Å². The summed E-state index contributed by atoms with van der Waals surface area (Å²) in [5.74, 6) is 0. The second kappa shape index (κ2) is 20.6. The summed E-state index contributed by atoms with van der Waals surface area (Å²) in [5.41, 5.74) is 0. The minimum Gasteiger partial charge on any atom is -1.00 e. The predicted molar refractivity (Wildman–Crippen MR) is 7.23 cm³/mol. The molecule has 0 aliphatic rings. The van der Waals surface area contributed by atoms with E-state index in [2.05, 4.69) is 0 Å². The molecule has 0 saturated heterocycles. The fourth-order valence-electron chi connectivity index (χ4n) is 0. The molecular formula is H4CsFO2. The van der Waals surface area contributed by atoms with Crippen molar-refractivity contribution in [2.75, 3.05) is 0 Å². The van der Waals surface area contributed by atoms with Gasteiger partial charge in [-0.1, -0.05) is 0 Å². The number of hydrogen-bond donors (Lipinski definition) is 0. The smallest absolute Gasteiger partial charge is 1.00 e. The van der Waals surface area contributed by atoms with Crippen LogP contribution >= 0.6 is 0 Å². The third kappa shape index (κ3) is 9.08. The van der Waals surface area contributed by atoms with Crippen molar-refractivity contribution in [2.45, 2.75) is 0 Å². The van der Waals surface area contributed by atoms with E-state index in [1.807, 2.05) is 0 Å². The summed E-state index contributed by atoms with van der Waals surface area (Å²) >= 11 is 0. The van der Waals surface area contributed by atoms with Crippen molar-refractivity contribution in [3.8, 4) is 0 Å². The normalized spacial score (nSPS) is 0. The first-order valence-electron chi connectivity index (χ1n) is 0. The van der Waals surface area contributed by atoms with Crippen LogP contribution in [0.4, 0.5) is 0 Å². The molecule has 0 aromatic heterocycles. The van der Waals surface area contributed by atoms with Gasteiger partial charge in [-0.05, 0) is 0 Å². The fraction of sp³-hybridized carbons (Fsp3) is 0. The van der Waals surface area contributed by atoms with Crippen LogP contribution in [-0.2, 0) is 0 Å². The van der Waals surface area contributed by atoms with Crippen LogP contribution in [0.2, 0.25) is 0 Å². The second-order valence-electron chi connectivity index (χ2n) is 0. The molecule has 2 nitrogen and oxygen atoms in total. The molecule has 0 spiro atoms. The Morgan fingerprint density at radius 1 is 0.750 bits per heavy atom. The van der Waals surface area contributed by atoms with Gasteiger partial charge < -0.3 is 15.7 Å². The molecule has 0 aromatic rings. The molecule has 0 heterocycles. The van der Waals surface area contributed by atoms with Gasteiger partial charge in [-0.3, -0.25) is 0 Å². The SMILES string of the molecule is O.O.[Cs+].[F-]. The molecule has 0 radical (unpaired) electrons. The van der Waals surface area contributed by atoms with Crippen LogP contribution < -0.4 is 73.6 Å². The zero-order valence-corrected chi connectivity index (χ0v) is 8.66. The Morgan fingerprint density at radius 3 is 0.750 bits per heavy atom. The first-order chi connectivity index (χ1) is 0. The van der Waals surface area contributed by atoms with Gasteiger partial charge in [0, 0.05) is 0 Å². The molecular weight excluding hydrogens is 184 g/mol. The van der Waals surface area contributed by atoms with Crippen molar-refractivity contribution < 1.29 is 84.6 Å². The molecule has 4 heteroatoms. The van der Waals surface area contributed by atoms with Crippen LogP contribution in [0.5, 0.6) is 0 Å². The van der Waals surface area contributed by atoms with Crippen LogP contribution in [0.1, 0.15) is 0 Å². The molecule has 0 amide bonds. The standard InChI is InChI=1S/Cs.FH.2H2O/h;1H;2*1H2/q+1;;;/p-1. The minimum absolute atomic E-state index is 0. The first kappa shape index (κ1) is 39.2. The van der Waals surface area contributed by atoms with E-state index in [1.165, 1.54) is 0 Å². The van der Waals surface area contributed by atoms with Crippen molar-refractivity contribution in [3.63, 3.8) is 0 Å². The Morgan fingerprint density at radius 2 is 0.750 bits per heavy atom. The van der Waals surface area contributed by atoms with Gasteiger partial charge >= 0.3 is 68.9 Å². The molecule has 0 atom stereocenters. The van der Waals surface area contributed by atoms with Crippen molar-refractivity contribution in [1.29, 1.82) is 0 Å². The van der Waals surface area contributed by atoms with Crippen LogP contribution in [0.25, 0.3) is 0 Å². The Bertz CT molecular complexity index is 6.00. The summed E-state index contributed by atoms with van der Waals surface area (Å²) in [5, 5.41) is 0. The van der Waals surface area contributed by atoms with E-state index < -0.39 is 0 Å². The van der Waals surface area contributed by atoms with E-state index in [9.17, 15) is 0 Å². The van der Waals surface area contributed by atoms with Gasteiger partial charge in [0.25, 0.3) is 0 Å². The first-order valence-corrected chi connectivity index (χ1v) is 0. The maximum atomic E-state index is 0. The molecule has 0 aliphatic carbocycles. The Balaban J connectivity index is 0. The van der Waals surface area contributed by atoms with E-state index in [1.54, 1.807) is 0 Å².